The average molecular weight is 431 g/mol. The highest BCUT2D eigenvalue weighted by Crippen LogP contribution is 2.39. The Balaban J connectivity index is 1.46. The van der Waals surface area contributed by atoms with Gasteiger partial charge in [0.1, 0.15) is 0 Å². The first-order valence-corrected chi connectivity index (χ1v) is 11.2. The Morgan fingerprint density at radius 1 is 0.531 bits per heavy atom. The quantitative estimate of drug-likeness (QED) is 0.334. The molecule has 0 bridgehead atoms. The molecule has 0 radical (unpaired) electrons. The number of fused-ring (bicyclic) bond motifs is 3. The van der Waals surface area contributed by atoms with E-state index in [1.54, 1.807) is 11.3 Å². The van der Waals surface area contributed by atoms with Crippen molar-refractivity contribution in [2.45, 2.75) is 0 Å². The van der Waals surface area contributed by atoms with Crippen molar-refractivity contribution < 1.29 is 0 Å². The minimum Gasteiger partial charge on any atom is -0.368 e. The maximum Gasteiger partial charge on any atom is 0.224 e. The van der Waals surface area contributed by atoms with Crippen LogP contribution in [0.2, 0.25) is 0 Å². The molecule has 2 heterocycles. The summed E-state index contributed by atoms with van der Waals surface area (Å²) < 4.78 is 2.40. The zero-order valence-corrected chi connectivity index (χ0v) is 17.9. The van der Waals surface area contributed by atoms with Gasteiger partial charge in [0.25, 0.3) is 0 Å². The van der Waals surface area contributed by atoms with E-state index in [2.05, 4.69) is 70.6 Å². The van der Waals surface area contributed by atoms with Gasteiger partial charge < -0.3 is 5.73 Å². The van der Waals surface area contributed by atoms with E-state index < -0.39 is 0 Å². The Bertz CT molecular complexity index is 1570. The van der Waals surface area contributed by atoms with Gasteiger partial charge in [0, 0.05) is 31.3 Å². The summed E-state index contributed by atoms with van der Waals surface area (Å²) in [5.74, 6) is 1.39. The van der Waals surface area contributed by atoms with Gasteiger partial charge in [0.05, 0.1) is 0 Å². The first-order chi connectivity index (χ1) is 15.8. The van der Waals surface area contributed by atoms with Crippen molar-refractivity contribution in [1.82, 2.24) is 15.0 Å². The summed E-state index contributed by atoms with van der Waals surface area (Å²) >= 11 is 1.75. The number of thiophene rings is 1. The Labute approximate surface area is 189 Å². The van der Waals surface area contributed by atoms with Gasteiger partial charge in [-0.25, -0.2) is 4.98 Å². The molecule has 2 aromatic heterocycles. The van der Waals surface area contributed by atoms with Gasteiger partial charge >= 0.3 is 0 Å². The van der Waals surface area contributed by atoms with Crippen LogP contribution in [0.5, 0.6) is 0 Å². The monoisotopic (exact) mass is 430 g/mol. The van der Waals surface area contributed by atoms with Crippen molar-refractivity contribution in [3.8, 4) is 33.9 Å². The van der Waals surface area contributed by atoms with Crippen LogP contribution in [-0.4, -0.2) is 15.0 Å². The van der Waals surface area contributed by atoms with Gasteiger partial charge in [-0.2, -0.15) is 9.97 Å². The molecule has 0 atom stereocenters. The summed E-state index contributed by atoms with van der Waals surface area (Å²) in [6.45, 7) is 0. The number of aromatic nitrogens is 3. The van der Waals surface area contributed by atoms with Gasteiger partial charge in [-0.15, -0.1) is 11.3 Å². The lowest BCUT2D eigenvalue weighted by Crippen LogP contribution is -2.02. The molecule has 5 heteroatoms. The predicted octanol–water partition coefficient (Wildman–Crippen LogP) is 6.82. The van der Waals surface area contributed by atoms with Crippen LogP contribution < -0.4 is 5.73 Å². The molecule has 0 aliphatic carbocycles. The maximum atomic E-state index is 6.12. The molecule has 6 aromatic rings. The molecule has 0 saturated carbocycles. The fourth-order valence-corrected chi connectivity index (χ4v) is 5.22. The van der Waals surface area contributed by atoms with E-state index in [-0.39, 0.29) is 5.95 Å². The molecule has 0 unspecified atom stereocenters. The SMILES string of the molecule is Nc1nc(-c2ccc(-c3ccccc3)cc2)nc(-c2cccc3c2sc2ccccc23)n1. The number of hydrogen-bond donors (Lipinski definition) is 1. The van der Waals surface area contributed by atoms with Crippen LogP contribution in [0, 0.1) is 0 Å². The second kappa shape index (κ2) is 7.55. The van der Waals surface area contributed by atoms with Crippen molar-refractivity contribution >= 4 is 37.5 Å². The number of benzene rings is 4. The van der Waals surface area contributed by atoms with Crippen LogP contribution >= 0.6 is 11.3 Å². The predicted molar refractivity (Wildman–Crippen MR) is 133 cm³/mol. The van der Waals surface area contributed by atoms with Crippen molar-refractivity contribution in [2.24, 2.45) is 0 Å². The number of hydrogen-bond acceptors (Lipinski definition) is 5. The molecular formula is C27H18N4S. The van der Waals surface area contributed by atoms with E-state index in [1.165, 1.54) is 21.0 Å². The van der Waals surface area contributed by atoms with E-state index in [0.29, 0.717) is 11.6 Å². The van der Waals surface area contributed by atoms with E-state index in [0.717, 1.165) is 21.4 Å². The molecule has 0 amide bonds. The number of nitrogens with two attached hydrogens (primary N) is 1. The summed E-state index contributed by atoms with van der Waals surface area (Å²) in [6.07, 6.45) is 0. The number of nitrogen functional groups attached to an aromatic ring is 1. The third-order valence-corrected chi connectivity index (χ3v) is 6.77. The van der Waals surface area contributed by atoms with Crippen LogP contribution in [0.15, 0.2) is 97.1 Å². The normalized spacial score (nSPS) is 11.2. The zero-order valence-electron chi connectivity index (χ0n) is 17.1. The first-order valence-electron chi connectivity index (χ1n) is 10.3. The van der Waals surface area contributed by atoms with E-state index in [4.69, 9.17) is 10.7 Å². The van der Waals surface area contributed by atoms with Crippen LogP contribution in [0.25, 0.3) is 54.1 Å². The van der Waals surface area contributed by atoms with Crippen LogP contribution in [0.1, 0.15) is 0 Å². The second-order valence-electron chi connectivity index (χ2n) is 7.56. The van der Waals surface area contributed by atoms with Gasteiger partial charge in [0.2, 0.25) is 5.95 Å². The Morgan fingerprint density at radius 3 is 2.03 bits per heavy atom. The van der Waals surface area contributed by atoms with Crippen molar-refractivity contribution in [1.29, 1.82) is 0 Å². The molecular weight excluding hydrogens is 412 g/mol. The minimum atomic E-state index is 0.218. The van der Waals surface area contributed by atoms with Gasteiger partial charge in [-0.1, -0.05) is 84.9 Å². The smallest absolute Gasteiger partial charge is 0.224 e. The summed E-state index contributed by atoms with van der Waals surface area (Å²) in [4.78, 5) is 13.7. The van der Waals surface area contributed by atoms with Gasteiger partial charge in [0.15, 0.2) is 11.6 Å². The third-order valence-electron chi connectivity index (χ3n) is 5.55. The molecule has 2 N–H and O–H groups in total. The van der Waals surface area contributed by atoms with Crippen LogP contribution in [0.4, 0.5) is 5.95 Å². The molecule has 0 aliphatic rings. The number of nitrogens with zero attached hydrogens (tertiary/aromatic N) is 3. The summed E-state index contributed by atoms with van der Waals surface area (Å²) in [5, 5.41) is 2.45. The molecule has 0 fully saturated rings. The van der Waals surface area contributed by atoms with E-state index in [1.807, 2.05) is 36.4 Å². The highest BCUT2D eigenvalue weighted by Gasteiger charge is 2.14. The second-order valence-corrected chi connectivity index (χ2v) is 8.62. The summed E-state index contributed by atoms with van der Waals surface area (Å²) in [7, 11) is 0. The molecule has 152 valence electrons. The highest BCUT2D eigenvalue weighted by molar-refractivity contribution is 7.26. The zero-order chi connectivity index (χ0) is 21.5. The molecule has 6 rings (SSSR count). The lowest BCUT2D eigenvalue weighted by molar-refractivity contribution is 1.08. The lowest BCUT2D eigenvalue weighted by atomic mass is 10.0. The van der Waals surface area contributed by atoms with Gasteiger partial charge in [-0.05, 0) is 23.3 Å². The standard InChI is InChI=1S/C27H18N4S/c28-27-30-25(19-15-13-18(14-16-19)17-7-2-1-3-8-17)29-26(31-27)22-11-6-10-21-20-9-4-5-12-23(20)32-24(21)22/h1-16H,(H2,28,29,30,31). The molecule has 0 saturated heterocycles. The van der Waals surface area contributed by atoms with Gasteiger partial charge in [-0.3, -0.25) is 0 Å². The maximum absolute atomic E-state index is 6.12. The molecule has 4 aromatic carbocycles. The largest absolute Gasteiger partial charge is 0.368 e. The van der Waals surface area contributed by atoms with E-state index >= 15 is 0 Å². The van der Waals surface area contributed by atoms with Crippen molar-refractivity contribution in [2.75, 3.05) is 5.73 Å². The molecule has 0 spiro atoms. The Morgan fingerprint density at radius 2 is 1.19 bits per heavy atom. The summed E-state index contributed by atoms with van der Waals surface area (Å²) in [5.41, 5.74) is 10.3. The van der Waals surface area contributed by atoms with Crippen molar-refractivity contribution in [3.63, 3.8) is 0 Å². The topological polar surface area (TPSA) is 64.7 Å². The van der Waals surface area contributed by atoms with Crippen molar-refractivity contribution in [3.05, 3.63) is 97.1 Å². The molecule has 0 aliphatic heterocycles. The highest BCUT2D eigenvalue weighted by atomic mass is 32.1. The number of rotatable bonds is 3. The Kier molecular flexibility index (Phi) is 4.40. The van der Waals surface area contributed by atoms with Crippen LogP contribution in [-0.2, 0) is 0 Å². The minimum absolute atomic E-state index is 0.218. The fraction of sp³-hybridized carbons (Fsp3) is 0. The third kappa shape index (κ3) is 3.20. The van der Waals surface area contributed by atoms with Crippen LogP contribution in [0.3, 0.4) is 0 Å². The molecule has 32 heavy (non-hydrogen) atoms. The lowest BCUT2D eigenvalue weighted by Gasteiger charge is -2.07. The number of anilines is 1. The fourth-order valence-electron chi connectivity index (χ4n) is 4.01. The van der Waals surface area contributed by atoms with E-state index in [9.17, 15) is 0 Å². The Hall–Kier alpha value is -4.09. The first kappa shape index (κ1) is 18.7. The summed E-state index contributed by atoms with van der Waals surface area (Å²) in [6, 6.07) is 33.2. The average Bonchev–Trinajstić information content (AvgIpc) is 3.23. The molecule has 4 nitrogen and oxygen atoms in total.